The number of oxime groups is 1. The number of amides is 1. The molecule has 2 N–H and O–H groups in total. The predicted molar refractivity (Wildman–Crippen MR) is 94.4 cm³/mol. The molecule has 0 heterocycles. The molecule has 1 rings (SSSR count). The van der Waals surface area contributed by atoms with Crippen LogP contribution in [0.5, 0.6) is 0 Å². The molecule has 0 aliphatic rings. The molecule has 0 aliphatic heterocycles. The summed E-state index contributed by atoms with van der Waals surface area (Å²) >= 11 is 6.08. The molecule has 0 saturated carbocycles. The standard InChI is InChI=1S/C17H26ClN3O2/c1-11(2)21(12(3)4)17(22)13(5)23-20-16(19)10-14-8-6-7-9-15(14)18/h6-9,11-13H,10H2,1-5H3,(H2,19,20). The first-order chi connectivity index (χ1) is 10.7. The molecule has 0 aliphatic carbocycles. The van der Waals surface area contributed by atoms with E-state index >= 15 is 0 Å². The number of benzene rings is 1. The monoisotopic (exact) mass is 339 g/mol. The van der Waals surface area contributed by atoms with E-state index in [1.807, 2.05) is 45.9 Å². The van der Waals surface area contributed by atoms with E-state index in [1.54, 1.807) is 17.9 Å². The summed E-state index contributed by atoms with van der Waals surface area (Å²) in [7, 11) is 0. The highest BCUT2D eigenvalue weighted by Gasteiger charge is 2.26. The topological polar surface area (TPSA) is 67.9 Å². The molecule has 23 heavy (non-hydrogen) atoms. The smallest absolute Gasteiger partial charge is 0.266 e. The van der Waals surface area contributed by atoms with E-state index in [0.717, 1.165) is 5.56 Å². The summed E-state index contributed by atoms with van der Waals surface area (Å²) < 4.78 is 0. The molecule has 0 fully saturated rings. The summed E-state index contributed by atoms with van der Waals surface area (Å²) in [6.07, 6.45) is -0.317. The second kappa shape index (κ2) is 8.77. The molecule has 1 atom stereocenters. The molecule has 1 aromatic rings. The molecule has 0 spiro atoms. The number of amidine groups is 1. The number of rotatable bonds is 7. The molecular weight excluding hydrogens is 314 g/mol. The lowest BCUT2D eigenvalue weighted by atomic mass is 10.1. The minimum absolute atomic E-state index is 0.0954. The Kier molecular flexibility index (Phi) is 7.36. The first-order valence-electron chi connectivity index (χ1n) is 7.77. The van der Waals surface area contributed by atoms with Crippen molar-refractivity contribution in [2.24, 2.45) is 10.9 Å². The Hall–Kier alpha value is -1.75. The first kappa shape index (κ1) is 19.3. The molecule has 0 saturated heterocycles. The molecule has 0 aromatic heterocycles. The Morgan fingerprint density at radius 1 is 1.22 bits per heavy atom. The number of carbonyl (C=O) groups excluding carboxylic acids is 1. The Balaban J connectivity index is 2.68. The molecule has 128 valence electrons. The van der Waals surface area contributed by atoms with Crippen molar-refractivity contribution in [3.8, 4) is 0 Å². The van der Waals surface area contributed by atoms with E-state index in [4.69, 9.17) is 22.2 Å². The van der Waals surface area contributed by atoms with Crippen molar-refractivity contribution in [2.45, 2.75) is 59.2 Å². The van der Waals surface area contributed by atoms with Gasteiger partial charge in [-0.1, -0.05) is 35.0 Å². The molecule has 1 aromatic carbocycles. The number of nitrogens with zero attached hydrogens (tertiary/aromatic N) is 2. The Morgan fingerprint density at radius 3 is 2.30 bits per heavy atom. The van der Waals surface area contributed by atoms with Crippen LogP contribution in [0.15, 0.2) is 29.4 Å². The van der Waals surface area contributed by atoms with Crippen molar-refractivity contribution < 1.29 is 9.63 Å². The van der Waals surface area contributed by atoms with Crippen LogP contribution >= 0.6 is 11.6 Å². The lowest BCUT2D eigenvalue weighted by Gasteiger charge is -2.32. The van der Waals surface area contributed by atoms with Crippen LogP contribution in [0.3, 0.4) is 0 Å². The van der Waals surface area contributed by atoms with Gasteiger partial charge in [0.15, 0.2) is 0 Å². The summed E-state index contributed by atoms with van der Waals surface area (Å²) in [6.45, 7) is 9.56. The normalized spacial score (nSPS) is 13.3. The van der Waals surface area contributed by atoms with Gasteiger partial charge in [0.05, 0.1) is 0 Å². The molecule has 6 heteroatoms. The van der Waals surface area contributed by atoms with E-state index < -0.39 is 6.10 Å². The number of carbonyl (C=O) groups is 1. The van der Waals surface area contributed by atoms with Gasteiger partial charge in [-0.05, 0) is 46.2 Å². The van der Waals surface area contributed by atoms with Crippen LogP contribution < -0.4 is 5.73 Å². The van der Waals surface area contributed by atoms with Crippen molar-refractivity contribution in [3.63, 3.8) is 0 Å². The van der Waals surface area contributed by atoms with Gasteiger partial charge in [-0.3, -0.25) is 4.79 Å². The highest BCUT2D eigenvalue weighted by atomic mass is 35.5. The number of halogens is 1. The third-order valence-electron chi connectivity index (χ3n) is 3.37. The average molecular weight is 340 g/mol. The summed E-state index contributed by atoms with van der Waals surface area (Å²) in [5, 5.41) is 4.50. The highest BCUT2D eigenvalue weighted by Crippen LogP contribution is 2.15. The SMILES string of the molecule is CC(O/N=C(/N)Cc1ccccc1Cl)C(=O)N(C(C)C)C(C)C. The fourth-order valence-corrected chi connectivity index (χ4v) is 2.58. The zero-order valence-electron chi connectivity index (χ0n) is 14.4. The van der Waals surface area contributed by atoms with Gasteiger partial charge in [-0.2, -0.15) is 0 Å². The van der Waals surface area contributed by atoms with Crippen LogP contribution in [0, 0.1) is 0 Å². The lowest BCUT2D eigenvalue weighted by Crippen LogP contribution is -2.46. The van der Waals surface area contributed by atoms with Crippen molar-refractivity contribution in [1.82, 2.24) is 4.90 Å². The Morgan fingerprint density at radius 2 is 1.78 bits per heavy atom. The van der Waals surface area contributed by atoms with Crippen LogP contribution in [0.4, 0.5) is 0 Å². The van der Waals surface area contributed by atoms with Gasteiger partial charge >= 0.3 is 0 Å². The van der Waals surface area contributed by atoms with Gasteiger partial charge in [0.25, 0.3) is 5.91 Å². The third kappa shape index (κ3) is 5.75. The second-order valence-corrected chi connectivity index (χ2v) is 6.44. The fourth-order valence-electron chi connectivity index (χ4n) is 2.38. The van der Waals surface area contributed by atoms with Crippen LogP contribution in [-0.2, 0) is 16.1 Å². The number of hydrogen-bond acceptors (Lipinski definition) is 3. The van der Waals surface area contributed by atoms with E-state index in [0.29, 0.717) is 11.4 Å². The predicted octanol–water partition coefficient (Wildman–Crippen LogP) is 3.21. The van der Waals surface area contributed by atoms with Gasteiger partial charge in [-0.25, -0.2) is 0 Å². The van der Waals surface area contributed by atoms with E-state index in [9.17, 15) is 4.79 Å². The zero-order valence-corrected chi connectivity index (χ0v) is 15.2. The summed E-state index contributed by atoms with van der Waals surface area (Å²) in [4.78, 5) is 19.5. The minimum Gasteiger partial charge on any atom is -0.384 e. The maximum Gasteiger partial charge on any atom is 0.266 e. The fraction of sp³-hybridized carbons (Fsp3) is 0.529. The van der Waals surface area contributed by atoms with Gasteiger partial charge < -0.3 is 15.5 Å². The van der Waals surface area contributed by atoms with Crippen molar-refractivity contribution >= 4 is 23.3 Å². The molecular formula is C17H26ClN3O2. The summed E-state index contributed by atoms with van der Waals surface area (Å²) in [5.41, 5.74) is 6.73. The van der Waals surface area contributed by atoms with Crippen molar-refractivity contribution in [1.29, 1.82) is 0 Å². The molecule has 1 unspecified atom stereocenters. The maximum absolute atomic E-state index is 12.4. The van der Waals surface area contributed by atoms with Crippen molar-refractivity contribution in [2.75, 3.05) is 0 Å². The molecule has 0 bridgehead atoms. The van der Waals surface area contributed by atoms with Gasteiger partial charge in [0.2, 0.25) is 6.10 Å². The third-order valence-corrected chi connectivity index (χ3v) is 3.74. The minimum atomic E-state index is -0.690. The van der Waals surface area contributed by atoms with Gasteiger partial charge in [-0.15, -0.1) is 0 Å². The quantitative estimate of drug-likeness (QED) is 0.471. The molecule has 5 nitrogen and oxygen atoms in total. The largest absolute Gasteiger partial charge is 0.384 e. The zero-order chi connectivity index (χ0) is 17.6. The van der Waals surface area contributed by atoms with Gasteiger partial charge in [0.1, 0.15) is 5.84 Å². The average Bonchev–Trinajstić information content (AvgIpc) is 2.46. The summed E-state index contributed by atoms with van der Waals surface area (Å²) in [6, 6.07) is 7.59. The van der Waals surface area contributed by atoms with E-state index in [1.165, 1.54) is 0 Å². The Bertz CT molecular complexity index is 551. The van der Waals surface area contributed by atoms with Crippen LogP contribution in [0.2, 0.25) is 5.02 Å². The van der Waals surface area contributed by atoms with Gasteiger partial charge in [0, 0.05) is 23.5 Å². The molecule has 1 amide bonds. The number of nitrogens with two attached hydrogens (primary N) is 1. The number of hydrogen-bond donors (Lipinski definition) is 1. The highest BCUT2D eigenvalue weighted by molar-refractivity contribution is 6.31. The Labute approximate surface area is 143 Å². The first-order valence-corrected chi connectivity index (χ1v) is 8.15. The van der Waals surface area contributed by atoms with Crippen molar-refractivity contribution in [3.05, 3.63) is 34.9 Å². The molecule has 0 radical (unpaired) electrons. The van der Waals surface area contributed by atoms with E-state index in [-0.39, 0.29) is 23.8 Å². The van der Waals surface area contributed by atoms with E-state index in [2.05, 4.69) is 5.16 Å². The maximum atomic E-state index is 12.4. The second-order valence-electron chi connectivity index (χ2n) is 6.03. The lowest BCUT2D eigenvalue weighted by molar-refractivity contribution is -0.146. The van der Waals surface area contributed by atoms with Crippen LogP contribution in [0.25, 0.3) is 0 Å². The van der Waals surface area contributed by atoms with Crippen LogP contribution in [0.1, 0.15) is 40.2 Å². The van der Waals surface area contributed by atoms with Crippen LogP contribution in [-0.4, -0.2) is 34.8 Å². The summed E-state index contributed by atoms with van der Waals surface area (Å²) in [5.74, 6) is 0.169.